The molecule has 1 saturated heterocycles. The molecule has 0 bridgehead atoms. The number of likely N-dealkylation sites (tertiary alicyclic amines) is 1. The number of nitrogens with one attached hydrogen (secondary N) is 1. The zero-order valence-corrected chi connectivity index (χ0v) is 16.2. The Morgan fingerprint density at radius 1 is 1.07 bits per heavy atom. The second-order valence-electron chi connectivity index (χ2n) is 7.69. The maximum Gasteiger partial charge on any atom is 0.259 e. The Kier molecular flexibility index (Phi) is 5.65. The number of ether oxygens (including phenoxy) is 1. The van der Waals surface area contributed by atoms with Crippen molar-refractivity contribution in [2.24, 2.45) is 11.8 Å². The first-order valence-electron chi connectivity index (χ1n) is 9.88. The fraction of sp³-hybridized carbons (Fsp3) is 0.364. The maximum atomic E-state index is 14.0. The molecule has 30 heavy (non-hydrogen) atoms. The molecule has 0 saturated carbocycles. The topological polar surface area (TPSA) is 58.6 Å². The number of carbonyl (C=O) groups is 2. The van der Waals surface area contributed by atoms with E-state index in [2.05, 4.69) is 5.32 Å². The molecule has 0 aromatic heterocycles. The minimum atomic E-state index is -0.889. The Morgan fingerprint density at radius 2 is 1.83 bits per heavy atom. The van der Waals surface area contributed by atoms with Crippen molar-refractivity contribution >= 4 is 17.5 Å². The van der Waals surface area contributed by atoms with Crippen LogP contribution in [0.15, 0.2) is 36.4 Å². The first kappa shape index (κ1) is 20.3. The largest absolute Gasteiger partial charge is 0.491 e. The van der Waals surface area contributed by atoms with Crippen LogP contribution in [0.2, 0.25) is 0 Å². The van der Waals surface area contributed by atoms with E-state index in [4.69, 9.17) is 4.74 Å². The second-order valence-corrected chi connectivity index (χ2v) is 7.69. The number of piperidine rings is 1. The minimum absolute atomic E-state index is 0.0155. The van der Waals surface area contributed by atoms with Crippen LogP contribution in [0.3, 0.4) is 0 Å². The highest BCUT2D eigenvalue weighted by Crippen LogP contribution is 2.34. The number of rotatable bonds is 1. The molecular weight excluding hydrogens is 397 g/mol. The van der Waals surface area contributed by atoms with Crippen LogP contribution in [0.1, 0.15) is 29.6 Å². The van der Waals surface area contributed by atoms with Gasteiger partial charge < -0.3 is 15.0 Å². The third-order valence-corrected chi connectivity index (χ3v) is 5.76. The summed E-state index contributed by atoms with van der Waals surface area (Å²) in [7, 11) is 0. The lowest BCUT2D eigenvalue weighted by atomic mass is 9.80. The van der Waals surface area contributed by atoms with E-state index < -0.39 is 28.9 Å². The zero-order chi connectivity index (χ0) is 21.3. The number of halogens is 3. The van der Waals surface area contributed by atoms with Gasteiger partial charge in [-0.25, -0.2) is 13.2 Å². The summed E-state index contributed by atoms with van der Waals surface area (Å²) >= 11 is 0. The van der Waals surface area contributed by atoms with E-state index in [0.717, 1.165) is 12.1 Å². The maximum absolute atomic E-state index is 14.0. The molecule has 0 unspecified atom stereocenters. The van der Waals surface area contributed by atoms with Gasteiger partial charge >= 0.3 is 0 Å². The number of amides is 2. The summed E-state index contributed by atoms with van der Waals surface area (Å²) in [6.45, 7) is 0.892. The van der Waals surface area contributed by atoms with E-state index >= 15 is 0 Å². The van der Waals surface area contributed by atoms with Gasteiger partial charge in [0.2, 0.25) is 5.91 Å². The predicted octanol–water partition coefficient (Wildman–Crippen LogP) is 3.99. The molecule has 158 valence electrons. The lowest BCUT2D eigenvalue weighted by Gasteiger charge is -2.39. The molecule has 2 aliphatic heterocycles. The summed E-state index contributed by atoms with van der Waals surface area (Å²) in [5, 5.41) is 2.70. The summed E-state index contributed by atoms with van der Waals surface area (Å²) in [6.07, 6.45) is 1.30. The zero-order valence-electron chi connectivity index (χ0n) is 16.2. The first-order chi connectivity index (χ1) is 14.4. The number of hydrogen-bond donors (Lipinski definition) is 1. The van der Waals surface area contributed by atoms with Gasteiger partial charge in [-0.2, -0.15) is 0 Å². The Labute approximate surface area is 171 Å². The fourth-order valence-corrected chi connectivity index (χ4v) is 4.21. The van der Waals surface area contributed by atoms with Crippen LogP contribution in [0.4, 0.5) is 18.9 Å². The van der Waals surface area contributed by atoms with Crippen LogP contribution in [0.25, 0.3) is 0 Å². The number of anilines is 1. The molecule has 1 N–H and O–H groups in total. The quantitative estimate of drug-likeness (QED) is 0.762. The van der Waals surface area contributed by atoms with Gasteiger partial charge in [0, 0.05) is 25.6 Å². The van der Waals surface area contributed by atoms with Gasteiger partial charge in [0.15, 0.2) is 0 Å². The van der Waals surface area contributed by atoms with Crippen LogP contribution in [0.5, 0.6) is 5.75 Å². The van der Waals surface area contributed by atoms with Crippen molar-refractivity contribution < 1.29 is 27.5 Å². The summed E-state index contributed by atoms with van der Waals surface area (Å²) < 4.78 is 47.3. The summed E-state index contributed by atoms with van der Waals surface area (Å²) in [5.74, 6) is -2.91. The number of hydrogen-bond acceptors (Lipinski definition) is 3. The molecule has 2 aromatic carbocycles. The normalized spacial score (nSPS) is 21.7. The van der Waals surface area contributed by atoms with E-state index in [1.165, 1.54) is 29.2 Å². The van der Waals surface area contributed by atoms with Gasteiger partial charge in [0.1, 0.15) is 28.8 Å². The lowest BCUT2D eigenvalue weighted by molar-refractivity contribution is -0.118. The lowest BCUT2D eigenvalue weighted by Crippen LogP contribution is -2.45. The van der Waals surface area contributed by atoms with Crippen molar-refractivity contribution in [2.75, 3.05) is 25.0 Å². The average molecular weight is 418 g/mol. The van der Waals surface area contributed by atoms with Gasteiger partial charge in [0.25, 0.3) is 5.91 Å². The summed E-state index contributed by atoms with van der Waals surface area (Å²) in [5.41, 5.74) is -0.262. The highest BCUT2D eigenvalue weighted by Gasteiger charge is 2.35. The highest BCUT2D eigenvalue weighted by atomic mass is 19.1. The third kappa shape index (κ3) is 4.13. The molecule has 4 rings (SSSR count). The summed E-state index contributed by atoms with van der Waals surface area (Å²) in [4.78, 5) is 26.7. The Morgan fingerprint density at radius 3 is 2.60 bits per heavy atom. The Hall–Kier alpha value is -3.03. The standard InChI is InChI=1S/C22H21F3N2O3/c23-15-4-5-19-18(11-15)26-20(28)10-13-6-8-27(12-14(13)7-9-30-19)22(29)21-16(24)2-1-3-17(21)25/h1-5,11,13-14H,6-10,12H2,(H,26,28)/t13-,14-/m0/s1. The van der Waals surface area contributed by atoms with Gasteiger partial charge in [-0.3, -0.25) is 9.59 Å². The van der Waals surface area contributed by atoms with Gasteiger partial charge in [-0.1, -0.05) is 6.07 Å². The van der Waals surface area contributed by atoms with Crippen LogP contribution in [0, 0.1) is 29.3 Å². The fourth-order valence-electron chi connectivity index (χ4n) is 4.21. The van der Waals surface area contributed by atoms with Crippen LogP contribution >= 0.6 is 0 Å². The number of fused-ring (bicyclic) bond motifs is 2. The Balaban J connectivity index is 1.52. The monoisotopic (exact) mass is 418 g/mol. The van der Waals surface area contributed by atoms with Crippen molar-refractivity contribution in [2.45, 2.75) is 19.3 Å². The number of nitrogens with zero attached hydrogens (tertiary/aromatic N) is 1. The molecule has 8 heteroatoms. The predicted molar refractivity (Wildman–Crippen MR) is 104 cm³/mol. The van der Waals surface area contributed by atoms with Crippen molar-refractivity contribution in [1.82, 2.24) is 4.90 Å². The van der Waals surface area contributed by atoms with E-state index in [9.17, 15) is 22.8 Å². The van der Waals surface area contributed by atoms with Gasteiger partial charge in [0.05, 0.1) is 12.3 Å². The molecule has 0 aliphatic carbocycles. The van der Waals surface area contributed by atoms with E-state index in [-0.39, 0.29) is 30.7 Å². The SMILES string of the molecule is O=C1C[C@@H]2CCN(C(=O)c3c(F)cccc3F)C[C@@H]2CCOc2ccc(F)cc2N1. The van der Waals surface area contributed by atoms with Gasteiger partial charge in [-0.15, -0.1) is 0 Å². The van der Waals surface area contributed by atoms with E-state index in [1.807, 2.05) is 0 Å². The van der Waals surface area contributed by atoms with E-state index in [0.29, 0.717) is 37.4 Å². The first-order valence-corrected chi connectivity index (χ1v) is 9.88. The molecule has 2 aliphatic rings. The highest BCUT2D eigenvalue weighted by molar-refractivity contribution is 5.95. The van der Waals surface area contributed by atoms with Crippen molar-refractivity contribution in [3.8, 4) is 5.75 Å². The summed E-state index contributed by atoms with van der Waals surface area (Å²) in [6, 6.07) is 7.27. The molecule has 2 heterocycles. The molecule has 2 aromatic rings. The molecule has 2 atom stereocenters. The minimum Gasteiger partial charge on any atom is -0.491 e. The molecule has 5 nitrogen and oxygen atoms in total. The third-order valence-electron chi connectivity index (χ3n) is 5.76. The van der Waals surface area contributed by atoms with Crippen molar-refractivity contribution in [3.63, 3.8) is 0 Å². The molecule has 2 amide bonds. The van der Waals surface area contributed by atoms with Crippen molar-refractivity contribution in [3.05, 3.63) is 59.4 Å². The van der Waals surface area contributed by atoms with Crippen LogP contribution in [-0.2, 0) is 4.79 Å². The van der Waals surface area contributed by atoms with Crippen molar-refractivity contribution in [1.29, 1.82) is 0 Å². The van der Waals surface area contributed by atoms with Gasteiger partial charge in [-0.05, 0) is 48.9 Å². The Bertz CT molecular complexity index is 962. The van der Waals surface area contributed by atoms with E-state index in [1.54, 1.807) is 0 Å². The second kappa shape index (κ2) is 8.38. The molecular formula is C22H21F3N2O3. The molecule has 0 spiro atoms. The average Bonchev–Trinajstić information content (AvgIpc) is 2.70. The molecule has 0 radical (unpaired) electrons. The molecule has 1 fully saturated rings. The number of carbonyl (C=O) groups excluding carboxylic acids is 2. The smallest absolute Gasteiger partial charge is 0.259 e. The van der Waals surface area contributed by atoms with Crippen LogP contribution < -0.4 is 10.1 Å². The number of benzene rings is 2. The van der Waals surface area contributed by atoms with Crippen LogP contribution in [-0.4, -0.2) is 36.4 Å².